The Hall–Kier alpha value is -1.72. The highest BCUT2D eigenvalue weighted by Crippen LogP contribution is 2.13. The van der Waals surface area contributed by atoms with Crippen molar-refractivity contribution in [2.45, 2.75) is 6.54 Å². The maximum absolute atomic E-state index is 12.2. The molecule has 104 valence electrons. The van der Waals surface area contributed by atoms with Crippen LogP contribution in [0.3, 0.4) is 0 Å². The zero-order chi connectivity index (χ0) is 13.8. The fourth-order valence-electron chi connectivity index (χ4n) is 2.43. The zero-order valence-corrected chi connectivity index (χ0v) is 12.1. The molecule has 1 aliphatic rings. The van der Waals surface area contributed by atoms with Gasteiger partial charge >= 0.3 is 0 Å². The van der Waals surface area contributed by atoms with E-state index in [1.54, 1.807) is 11.7 Å². The van der Waals surface area contributed by atoms with Crippen molar-refractivity contribution in [3.8, 4) is 0 Å². The summed E-state index contributed by atoms with van der Waals surface area (Å²) in [5.41, 5.74) is 3.04. The molecule has 0 spiro atoms. The Bertz CT molecular complexity index is 548. The number of aromatic nitrogens is 1. The quantitative estimate of drug-likeness (QED) is 0.867. The van der Waals surface area contributed by atoms with Crippen LogP contribution >= 0.6 is 11.3 Å². The Labute approximate surface area is 122 Å². The van der Waals surface area contributed by atoms with Gasteiger partial charge in [-0.15, -0.1) is 11.3 Å². The van der Waals surface area contributed by atoms with Gasteiger partial charge in [0, 0.05) is 32.7 Å². The molecule has 1 aliphatic heterocycles. The highest BCUT2D eigenvalue weighted by atomic mass is 32.1. The van der Waals surface area contributed by atoms with Crippen LogP contribution in [0.25, 0.3) is 0 Å². The lowest BCUT2D eigenvalue weighted by Gasteiger charge is -2.34. The van der Waals surface area contributed by atoms with Crippen LogP contribution in [0, 0.1) is 0 Å². The van der Waals surface area contributed by atoms with Crippen molar-refractivity contribution >= 4 is 17.2 Å². The van der Waals surface area contributed by atoms with Gasteiger partial charge < -0.3 is 4.90 Å². The van der Waals surface area contributed by atoms with Crippen molar-refractivity contribution in [2.75, 3.05) is 26.2 Å². The molecular formula is C15H17N3OS. The van der Waals surface area contributed by atoms with Gasteiger partial charge in [-0.05, 0) is 5.56 Å². The molecule has 0 atom stereocenters. The van der Waals surface area contributed by atoms with Crippen molar-refractivity contribution < 1.29 is 4.79 Å². The lowest BCUT2D eigenvalue weighted by Crippen LogP contribution is -2.48. The van der Waals surface area contributed by atoms with Gasteiger partial charge in [-0.2, -0.15) is 0 Å². The monoisotopic (exact) mass is 287 g/mol. The van der Waals surface area contributed by atoms with Crippen LogP contribution in [0.5, 0.6) is 0 Å². The number of rotatable bonds is 3. The lowest BCUT2D eigenvalue weighted by molar-refractivity contribution is 0.0633. The number of amides is 1. The Morgan fingerprint density at radius 2 is 1.90 bits per heavy atom. The van der Waals surface area contributed by atoms with Gasteiger partial charge in [0.1, 0.15) is 4.88 Å². The largest absolute Gasteiger partial charge is 0.335 e. The summed E-state index contributed by atoms with van der Waals surface area (Å²) in [7, 11) is 0. The van der Waals surface area contributed by atoms with Crippen LogP contribution in [0.1, 0.15) is 15.2 Å². The minimum absolute atomic E-state index is 0.117. The summed E-state index contributed by atoms with van der Waals surface area (Å²) in [6.45, 7) is 4.41. The second-order valence-electron chi connectivity index (χ2n) is 4.92. The van der Waals surface area contributed by atoms with Gasteiger partial charge in [-0.25, -0.2) is 0 Å². The molecule has 0 saturated carbocycles. The van der Waals surface area contributed by atoms with Gasteiger partial charge in [-0.1, -0.05) is 30.3 Å². The van der Waals surface area contributed by atoms with Crippen LogP contribution in [-0.2, 0) is 6.54 Å². The molecule has 0 aliphatic carbocycles. The second kappa shape index (κ2) is 6.15. The van der Waals surface area contributed by atoms with E-state index in [2.05, 4.69) is 34.1 Å². The maximum Gasteiger partial charge on any atom is 0.265 e. The predicted molar refractivity (Wildman–Crippen MR) is 79.7 cm³/mol. The number of thiazole rings is 1. The Morgan fingerprint density at radius 3 is 2.55 bits per heavy atom. The fraction of sp³-hybridized carbons (Fsp3) is 0.333. The number of benzene rings is 1. The third-order valence-electron chi connectivity index (χ3n) is 3.55. The first kappa shape index (κ1) is 13.3. The van der Waals surface area contributed by atoms with E-state index >= 15 is 0 Å². The number of piperazine rings is 1. The first-order chi connectivity index (χ1) is 9.83. The molecule has 5 heteroatoms. The van der Waals surface area contributed by atoms with Gasteiger partial charge in [0.15, 0.2) is 0 Å². The van der Waals surface area contributed by atoms with Gasteiger partial charge in [0.05, 0.1) is 11.7 Å². The van der Waals surface area contributed by atoms with Crippen LogP contribution in [0.2, 0.25) is 0 Å². The normalized spacial score (nSPS) is 16.3. The van der Waals surface area contributed by atoms with Crippen LogP contribution in [-0.4, -0.2) is 46.9 Å². The molecule has 20 heavy (non-hydrogen) atoms. The molecule has 2 aromatic rings. The molecule has 1 aromatic heterocycles. The number of carbonyl (C=O) groups is 1. The summed E-state index contributed by atoms with van der Waals surface area (Å²) in [6.07, 6.45) is 1.66. The SMILES string of the molecule is O=C(c1cncs1)N1CCN(Cc2ccccc2)CC1. The number of hydrogen-bond acceptors (Lipinski definition) is 4. The molecule has 0 radical (unpaired) electrons. The van der Waals surface area contributed by atoms with Crippen LogP contribution in [0.15, 0.2) is 42.0 Å². The third kappa shape index (κ3) is 3.05. The predicted octanol–water partition coefficient (Wildman–Crippen LogP) is 2.10. The molecule has 3 rings (SSSR count). The smallest absolute Gasteiger partial charge is 0.265 e. The van der Waals surface area contributed by atoms with E-state index < -0.39 is 0 Å². The molecule has 0 bridgehead atoms. The standard InChI is InChI=1S/C15H17N3OS/c19-15(14-10-16-12-20-14)18-8-6-17(7-9-18)11-13-4-2-1-3-5-13/h1-5,10,12H,6-9,11H2. The summed E-state index contributed by atoms with van der Waals surface area (Å²) < 4.78 is 0. The van der Waals surface area contributed by atoms with Crippen molar-refractivity contribution in [2.24, 2.45) is 0 Å². The van der Waals surface area contributed by atoms with E-state index in [1.165, 1.54) is 16.9 Å². The second-order valence-corrected chi connectivity index (χ2v) is 5.81. The fourth-order valence-corrected chi connectivity index (χ4v) is 3.01. The molecule has 1 amide bonds. The van der Waals surface area contributed by atoms with E-state index in [9.17, 15) is 4.79 Å². The average molecular weight is 287 g/mol. The highest BCUT2D eigenvalue weighted by Gasteiger charge is 2.22. The minimum atomic E-state index is 0.117. The molecule has 0 N–H and O–H groups in total. The van der Waals surface area contributed by atoms with E-state index in [-0.39, 0.29) is 5.91 Å². The zero-order valence-electron chi connectivity index (χ0n) is 11.2. The molecule has 4 nitrogen and oxygen atoms in total. The Kier molecular flexibility index (Phi) is 4.08. The van der Waals surface area contributed by atoms with E-state index in [0.29, 0.717) is 0 Å². The Morgan fingerprint density at radius 1 is 1.15 bits per heavy atom. The number of hydrogen-bond donors (Lipinski definition) is 0. The van der Waals surface area contributed by atoms with Crippen molar-refractivity contribution in [1.29, 1.82) is 0 Å². The number of nitrogens with zero attached hydrogens (tertiary/aromatic N) is 3. The minimum Gasteiger partial charge on any atom is -0.335 e. The maximum atomic E-state index is 12.2. The van der Waals surface area contributed by atoms with Crippen molar-refractivity contribution in [3.05, 3.63) is 52.5 Å². The third-order valence-corrected chi connectivity index (χ3v) is 4.31. The average Bonchev–Trinajstić information content (AvgIpc) is 3.03. The summed E-state index contributed by atoms with van der Waals surface area (Å²) in [6, 6.07) is 10.5. The molecule has 1 fully saturated rings. The van der Waals surface area contributed by atoms with E-state index in [4.69, 9.17) is 0 Å². The molecule has 1 aromatic carbocycles. The topological polar surface area (TPSA) is 36.4 Å². The van der Waals surface area contributed by atoms with Crippen molar-refractivity contribution in [1.82, 2.24) is 14.8 Å². The lowest BCUT2D eigenvalue weighted by atomic mass is 10.2. The number of carbonyl (C=O) groups excluding carboxylic acids is 1. The van der Waals surface area contributed by atoms with Gasteiger partial charge in [0.25, 0.3) is 5.91 Å². The summed E-state index contributed by atoms with van der Waals surface area (Å²) >= 11 is 1.41. The summed E-state index contributed by atoms with van der Waals surface area (Å²) in [5, 5.41) is 0. The van der Waals surface area contributed by atoms with Crippen LogP contribution in [0.4, 0.5) is 0 Å². The van der Waals surface area contributed by atoms with Gasteiger partial charge in [0.2, 0.25) is 0 Å². The van der Waals surface area contributed by atoms with Crippen molar-refractivity contribution in [3.63, 3.8) is 0 Å². The molecule has 0 unspecified atom stereocenters. The molecule has 2 heterocycles. The first-order valence-electron chi connectivity index (χ1n) is 6.77. The summed E-state index contributed by atoms with van der Waals surface area (Å²) in [4.78, 5) is 21.2. The molecular weight excluding hydrogens is 270 g/mol. The molecule has 1 saturated heterocycles. The Balaban J connectivity index is 1.53. The summed E-state index contributed by atoms with van der Waals surface area (Å²) in [5.74, 6) is 0.117. The highest BCUT2D eigenvalue weighted by molar-refractivity contribution is 7.11. The van der Waals surface area contributed by atoms with Gasteiger partial charge in [-0.3, -0.25) is 14.7 Å². The van der Waals surface area contributed by atoms with E-state index in [0.717, 1.165) is 37.6 Å². The van der Waals surface area contributed by atoms with E-state index in [1.807, 2.05) is 11.0 Å². The van der Waals surface area contributed by atoms with Crippen LogP contribution < -0.4 is 0 Å². The first-order valence-corrected chi connectivity index (χ1v) is 7.65.